The van der Waals surface area contributed by atoms with E-state index in [1.165, 1.54) is 0 Å². The Morgan fingerprint density at radius 3 is 2.34 bits per heavy atom. The van der Waals surface area contributed by atoms with Crippen molar-refractivity contribution in [3.8, 4) is 0 Å². The summed E-state index contributed by atoms with van der Waals surface area (Å²) in [6.07, 6.45) is -0.838. The van der Waals surface area contributed by atoms with E-state index in [0.717, 1.165) is 21.9 Å². The third kappa shape index (κ3) is 6.57. The summed E-state index contributed by atoms with van der Waals surface area (Å²) in [5.74, 6) is -1.77. The molecular weight excluding hydrogens is 408 g/mol. The number of carbonyl (C=O) groups is 3. The van der Waals surface area contributed by atoms with E-state index in [1.54, 1.807) is 12.1 Å². The zero-order valence-corrected chi connectivity index (χ0v) is 17.8. The number of nitrogens with one attached hydrogen (secondary N) is 2. The number of amides is 2. The Bertz CT molecular complexity index is 1080. The Morgan fingerprint density at radius 2 is 1.59 bits per heavy atom. The molecule has 0 aliphatic heterocycles. The van der Waals surface area contributed by atoms with Crippen molar-refractivity contribution in [1.29, 1.82) is 0 Å². The number of benzene rings is 3. The van der Waals surface area contributed by atoms with Crippen molar-refractivity contribution in [2.24, 2.45) is 0 Å². The van der Waals surface area contributed by atoms with Gasteiger partial charge in [-0.05, 0) is 35.2 Å². The molecule has 7 heteroatoms. The second kappa shape index (κ2) is 10.9. The lowest BCUT2D eigenvalue weighted by Crippen LogP contribution is -2.50. The van der Waals surface area contributed by atoms with Gasteiger partial charge in [-0.15, -0.1) is 0 Å². The standard InChI is InChI=1S/C25H26N2O5/c1-17(14-20-12-7-11-19-10-5-6-13-21(19)20)26-24(30)22(15-23(28)29)27-25(31)32-16-18-8-3-2-4-9-18/h2-13,17,22H,14-16H2,1H3,(H,26,30)(H,27,31)(H,28,29)/t17?,22-/m0/s1. The smallest absolute Gasteiger partial charge is 0.408 e. The second-order valence-electron chi connectivity index (χ2n) is 7.61. The molecule has 3 aromatic rings. The van der Waals surface area contributed by atoms with E-state index < -0.39 is 30.4 Å². The lowest BCUT2D eigenvalue weighted by Gasteiger charge is -2.21. The third-order valence-corrected chi connectivity index (χ3v) is 4.99. The Morgan fingerprint density at radius 1 is 0.906 bits per heavy atom. The van der Waals surface area contributed by atoms with Crippen LogP contribution >= 0.6 is 0 Å². The Labute approximate surface area is 186 Å². The van der Waals surface area contributed by atoms with Gasteiger partial charge in [0.25, 0.3) is 0 Å². The van der Waals surface area contributed by atoms with Gasteiger partial charge < -0.3 is 20.5 Å². The van der Waals surface area contributed by atoms with Crippen LogP contribution in [0.2, 0.25) is 0 Å². The molecule has 0 heterocycles. The van der Waals surface area contributed by atoms with Crippen molar-refractivity contribution in [2.45, 2.75) is 38.5 Å². The topological polar surface area (TPSA) is 105 Å². The van der Waals surface area contributed by atoms with Crippen LogP contribution in [0.1, 0.15) is 24.5 Å². The minimum absolute atomic E-state index is 0.0194. The summed E-state index contributed by atoms with van der Waals surface area (Å²) >= 11 is 0. The molecule has 1 unspecified atom stereocenters. The Kier molecular flexibility index (Phi) is 7.80. The van der Waals surface area contributed by atoms with E-state index in [0.29, 0.717) is 6.42 Å². The average Bonchev–Trinajstić information content (AvgIpc) is 2.78. The summed E-state index contributed by atoms with van der Waals surface area (Å²) in [5, 5.41) is 16.5. The quantitative estimate of drug-likeness (QED) is 0.477. The van der Waals surface area contributed by atoms with Crippen LogP contribution in [0.25, 0.3) is 10.8 Å². The maximum absolute atomic E-state index is 12.7. The molecule has 7 nitrogen and oxygen atoms in total. The summed E-state index contributed by atoms with van der Waals surface area (Å²) < 4.78 is 5.12. The third-order valence-electron chi connectivity index (χ3n) is 4.99. The largest absolute Gasteiger partial charge is 0.481 e. The van der Waals surface area contributed by atoms with E-state index in [1.807, 2.05) is 67.6 Å². The van der Waals surface area contributed by atoms with Crippen LogP contribution in [-0.4, -0.2) is 35.2 Å². The highest BCUT2D eigenvalue weighted by molar-refractivity contribution is 5.89. The zero-order valence-electron chi connectivity index (χ0n) is 17.8. The van der Waals surface area contributed by atoms with Crippen molar-refractivity contribution < 1.29 is 24.2 Å². The summed E-state index contributed by atoms with van der Waals surface area (Å²) in [7, 11) is 0. The SMILES string of the molecule is CC(Cc1cccc2ccccc12)NC(=O)[C@H](CC(=O)O)NC(=O)OCc1ccccc1. The van der Waals surface area contributed by atoms with Gasteiger partial charge in [0.1, 0.15) is 12.6 Å². The molecule has 0 spiro atoms. The number of carboxylic acids is 1. The molecule has 0 aromatic heterocycles. The van der Waals surface area contributed by atoms with Crippen LogP contribution in [0.15, 0.2) is 72.8 Å². The van der Waals surface area contributed by atoms with Crippen LogP contribution in [0, 0.1) is 0 Å². The number of hydrogen-bond acceptors (Lipinski definition) is 4. The first kappa shape index (κ1) is 22.8. The number of alkyl carbamates (subject to hydrolysis) is 1. The van der Waals surface area contributed by atoms with Gasteiger partial charge in [0, 0.05) is 6.04 Å². The minimum Gasteiger partial charge on any atom is -0.481 e. The van der Waals surface area contributed by atoms with E-state index in [-0.39, 0.29) is 12.6 Å². The number of hydrogen-bond donors (Lipinski definition) is 3. The van der Waals surface area contributed by atoms with Gasteiger partial charge in [0.2, 0.25) is 5.91 Å². The Balaban J connectivity index is 1.59. The number of rotatable bonds is 9. The van der Waals surface area contributed by atoms with Crippen LogP contribution < -0.4 is 10.6 Å². The highest BCUT2D eigenvalue weighted by Gasteiger charge is 2.25. The highest BCUT2D eigenvalue weighted by atomic mass is 16.5. The fraction of sp³-hybridized carbons (Fsp3) is 0.240. The zero-order chi connectivity index (χ0) is 22.9. The molecule has 0 fully saturated rings. The average molecular weight is 434 g/mol. The van der Waals surface area contributed by atoms with Gasteiger partial charge in [-0.3, -0.25) is 9.59 Å². The monoisotopic (exact) mass is 434 g/mol. The second-order valence-corrected chi connectivity index (χ2v) is 7.61. The van der Waals surface area contributed by atoms with Crippen LogP contribution in [-0.2, 0) is 27.4 Å². The lowest BCUT2D eigenvalue weighted by atomic mass is 9.99. The molecule has 0 saturated heterocycles. The van der Waals surface area contributed by atoms with Crippen LogP contribution in [0.3, 0.4) is 0 Å². The first-order valence-corrected chi connectivity index (χ1v) is 10.4. The molecule has 2 amide bonds. The van der Waals surface area contributed by atoms with E-state index >= 15 is 0 Å². The number of fused-ring (bicyclic) bond motifs is 1. The van der Waals surface area contributed by atoms with Crippen molar-refractivity contribution in [1.82, 2.24) is 10.6 Å². The summed E-state index contributed by atoms with van der Waals surface area (Å²) in [4.78, 5) is 36.1. The number of carboxylic acid groups (broad SMARTS) is 1. The molecule has 166 valence electrons. The van der Waals surface area contributed by atoms with Gasteiger partial charge in [-0.2, -0.15) is 0 Å². The molecular formula is C25H26N2O5. The fourth-order valence-corrected chi connectivity index (χ4v) is 3.49. The van der Waals surface area contributed by atoms with E-state index in [4.69, 9.17) is 9.84 Å². The number of ether oxygens (including phenoxy) is 1. The molecule has 3 N–H and O–H groups in total. The summed E-state index contributed by atoms with van der Waals surface area (Å²) in [6, 6.07) is 21.5. The first-order chi connectivity index (χ1) is 15.4. The molecule has 3 rings (SSSR count). The molecule has 2 atom stereocenters. The normalized spacial score (nSPS) is 12.5. The molecule has 0 bridgehead atoms. The predicted octanol–water partition coefficient (Wildman–Crippen LogP) is 3.66. The summed E-state index contributed by atoms with van der Waals surface area (Å²) in [5.41, 5.74) is 1.85. The number of aliphatic carboxylic acids is 1. The maximum Gasteiger partial charge on any atom is 0.408 e. The predicted molar refractivity (Wildman–Crippen MR) is 121 cm³/mol. The van der Waals surface area contributed by atoms with Gasteiger partial charge in [-0.25, -0.2) is 4.79 Å². The van der Waals surface area contributed by atoms with Gasteiger partial charge >= 0.3 is 12.1 Å². The van der Waals surface area contributed by atoms with Crippen LogP contribution in [0.5, 0.6) is 0 Å². The molecule has 32 heavy (non-hydrogen) atoms. The Hall–Kier alpha value is -3.87. The summed E-state index contributed by atoms with van der Waals surface area (Å²) in [6.45, 7) is 1.86. The van der Waals surface area contributed by atoms with Crippen LogP contribution in [0.4, 0.5) is 4.79 Å². The maximum atomic E-state index is 12.7. The van der Waals surface area contributed by atoms with Gasteiger partial charge in [0.05, 0.1) is 6.42 Å². The molecule has 3 aromatic carbocycles. The van der Waals surface area contributed by atoms with Crippen molar-refractivity contribution in [3.05, 3.63) is 83.9 Å². The minimum atomic E-state index is -1.24. The van der Waals surface area contributed by atoms with Gasteiger partial charge in [0.15, 0.2) is 0 Å². The van der Waals surface area contributed by atoms with Gasteiger partial charge in [-0.1, -0.05) is 72.8 Å². The number of carbonyl (C=O) groups excluding carboxylic acids is 2. The molecule has 0 aliphatic carbocycles. The molecule has 0 radical (unpaired) electrons. The highest BCUT2D eigenvalue weighted by Crippen LogP contribution is 2.19. The fourth-order valence-electron chi connectivity index (χ4n) is 3.49. The van der Waals surface area contributed by atoms with Crippen molar-refractivity contribution >= 4 is 28.7 Å². The van der Waals surface area contributed by atoms with Crippen molar-refractivity contribution in [3.63, 3.8) is 0 Å². The van der Waals surface area contributed by atoms with E-state index in [9.17, 15) is 14.4 Å². The molecule has 0 saturated carbocycles. The van der Waals surface area contributed by atoms with E-state index in [2.05, 4.69) is 10.6 Å². The van der Waals surface area contributed by atoms with Crippen molar-refractivity contribution in [2.75, 3.05) is 0 Å². The lowest BCUT2D eigenvalue weighted by molar-refractivity contribution is -0.140. The first-order valence-electron chi connectivity index (χ1n) is 10.4. The molecule has 0 aliphatic rings.